The van der Waals surface area contributed by atoms with Crippen molar-refractivity contribution in [2.24, 2.45) is 5.73 Å². The Labute approximate surface area is 101 Å². The first-order valence-electron chi connectivity index (χ1n) is 5.28. The van der Waals surface area contributed by atoms with Crippen LogP contribution in [0.15, 0.2) is 6.07 Å². The van der Waals surface area contributed by atoms with Gasteiger partial charge in [0.15, 0.2) is 0 Å². The Kier molecular flexibility index (Phi) is 4.01. The highest BCUT2D eigenvalue weighted by Crippen LogP contribution is 2.12. The van der Waals surface area contributed by atoms with Crippen molar-refractivity contribution < 1.29 is 9.53 Å². The summed E-state index contributed by atoms with van der Waals surface area (Å²) in [4.78, 5) is 19.7. The molecule has 6 heteroatoms. The Bertz CT molecular complexity index is 412. The summed E-state index contributed by atoms with van der Waals surface area (Å²) in [5.74, 6) is 0.237. The summed E-state index contributed by atoms with van der Waals surface area (Å²) < 4.78 is 4.92. The standard InChI is InChI=1S/C11H18N4O2/c1-7-5-8(15-10(13-7)17-4)14-9(16)6-11(2,3)12/h5H,6,12H2,1-4H3,(H,13,14,15,16). The van der Waals surface area contributed by atoms with Crippen LogP contribution in [-0.4, -0.2) is 28.5 Å². The van der Waals surface area contributed by atoms with Crippen LogP contribution in [0.25, 0.3) is 0 Å². The zero-order valence-corrected chi connectivity index (χ0v) is 10.6. The van der Waals surface area contributed by atoms with Gasteiger partial charge in [-0.1, -0.05) is 0 Å². The van der Waals surface area contributed by atoms with Crippen molar-refractivity contribution in [2.75, 3.05) is 12.4 Å². The van der Waals surface area contributed by atoms with Crippen molar-refractivity contribution in [3.05, 3.63) is 11.8 Å². The summed E-state index contributed by atoms with van der Waals surface area (Å²) >= 11 is 0. The highest BCUT2D eigenvalue weighted by atomic mass is 16.5. The number of carbonyl (C=O) groups excluding carboxylic acids is 1. The number of nitrogens with zero attached hydrogens (tertiary/aromatic N) is 2. The molecule has 0 saturated carbocycles. The number of amides is 1. The lowest BCUT2D eigenvalue weighted by molar-refractivity contribution is -0.117. The Morgan fingerprint density at radius 2 is 2.18 bits per heavy atom. The van der Waals surface area contributed by atoms with E-state index in [0.717, 1.165) is 5.69 Å². The smallest absolute Gasteiger partial charge is 0.318 e. The molecule has 17 heavy (non-hydrogen) atoms. The van der Waals surface area contributed by atoms with Crippen molar-refractivity contribution >= 4 is 11.7 Å². The second-order valence-corrected chi connectivity index (χ2v) is 4.59. The first kappa shape index (κ1) is 13.4. The summed E-state index contributed by atoms with van der Waals surface area (Å²) in [6, 6.07) is 1.90. The number of aryl methyl sites for hydroxylation is 1. The van der Waals surface area contributed by atoms with E-state index < -0.39 is 5.54 Å². The van der Waals surface area contributed by atoms with Crippen LogP contribution < -0.4 is 15.8 Å². The molecule has 0 aliphatic rings. The van der Waals surface area contributed by atoms with E-state index in [1.165, 1.54) is 7.11 Å². The average molecular weight is 238 g/mol. The SMILES string of the molecule is COc1nc(C)cc(NC(=O)CC(C)(C)N)n1. The van der Waals surface area contributed by atoms with Gasteiger partial charge in [-0.05, 0) is 20.8 Å². The van der Waals surface area contributed by atoms with Gasteiger partial charge in [0.05, 0.1) is 7.11 Å². The van der Waals surface area contributed by atoms with Gasteiger partial charge in [-0.25, -0.2) is 4.98 Å². The van der Waals surface area contributed by atoms with Crippen LogP contribution in [0.4, 0.5) is 5.82 Å². The van der Waals surface area contributed by atoms with Crippen LogP contribution in [-0.2, 0) is 4.79 Å². The van der Waals surface area contributed by atoms with Crippen LogP contribution in [0.2, 0.25) is 0 Å². The summed E-state index contributed by atoms with van der Waals surface area (Å²) in [6.07, 6.45) is 0.221. The van der Waals surface area contributed by atoms with Crippen LogP contribution in [0.5, 0.6) is 6.01 Å². The monoisotopic (exact) mass is 238 g/mol. The number of anilines is 1. The number of hydrogen-bond acceptors (Lipinski definition) is 5. The van der Waals surface area contributed by atoms with Crippen molar-refractivity contribution in [2.45, 2.75) is 32.7 Å². The maximum Gasteiger partial charge on any atom is 0.318 e. The molecule has 0 fully saturated rings. The van der Waals surface area contributed by atoms with Crippen LogP contribution in [0, 0.1) is 6.92 Å². The van der Waals surface area contributed by atoms with E-state index in [4.69, 9.17) is 10.5 Å². The van der Waals surface area contributed by atoms with Crippen LogP contribution in [0.3, 0.4) is 0 Å². The molecule has 0 saturated heterocycles. The minimum atomic E-state index is -0.545. The van der Waals surface area contributed by atoms with Crippen molar-refractivity contribution in [1.29, 1.82) is 0 Å². The lowest BCUT2D eigenvalue weighted by atomic mass is 10.0. The molecule has 1 amide bonds. The van der Waals surface area contributed by atoms with E-state index in [-0.39, 0.29) is 18.3 Å². The number of carbonyl (C=O) groups is 1. The molecule has 3 N–H and O–H groups in total. The molecule has 0 bridgehead atoms. The molecule has 0 atom stereocenters. The fourth-order valence-electron chi connectivity index (χ4n) is 1.30. The van der Waals surface area contributed by atoms with Crippen molar-refractivity contribution in [3.63, 3.8) is 0 Å². The molecule has 0 aliphatic heterocycles. The summed E-state index contributed by atoms with van der Waals surface area (Å²) in [6.45, 7) is 5.38. The highest BCUT2D eigenvalue weighted by Gasteiger charge is 2.17. The topological polar surface area (TPSA) is 90.1 Å². The van der Waals surface area contributed by atoms with E-state index in [2.05, 4.69) is 15.3 Å². The number of rotatable bonds is 4. The van der Waals surface area contributed by atoms with Gasteiger partial charge in [0, 0.05) is 23.7 Å². The summed E-state index contributed by atoms with van der Waals surface area (Å²) in [5.41, 5.74) is 5.93. The molecule has 6 nitrogen and oxygen atoms in total. The maximum atomic E-state index is 11.6. The number of nitrogens with one attached hydrogen (secondary N) is 1. The third-order valence-corrected chi connectivity index (χ3v) is 1.90. The Balaban J connectivity index is 2.74. The van der Waals surface area contributed by atoms with Gasteiger partial charge in [0.1, 0.15) is 5.82 Å². The lowest BCUT2D eigenvalue weighted by Crippen LogP contribution is -2.36. The minimum absolute atomic E-state index is 0.183. The molecular formula is C11H18N4O2. The molecule has 0 radical (unpaired) electrons. The number of aromatic nitrogens is 2. The van der Waals surface area contributed by atoms with Gasteiger partial charge < -0.3 is 15.8 Å². The highest BCUT2D eigenvalue weighted by molar-refractivity contribution is 5.90. The Morgan fingerprint density at radius 1 is 1.53 bits per heavy atom. The average Bonchev–Trinajstić information content (AvgIpc) is 2.13. The second kappa shape index (κ2) is 5.09. The summed E-state index contributed by atoms with van der Waals surface area (Å²) in [7, 11) is 1.48. The molecule has 0 aromatic carbocycles. The zero-order chi connectivity index (χ0) is 13.1. The van der Waals surface area contributed by atoms with E-state index in [0.29, 0.717) is 5.82 Å². The lowest BCUT2D eigenvalue weighted by Gasteiger charge is -2.17. The summed E-state index contributed by atoms with van der Waals surface area (Å²) in [5, 5.41) is 2.66. The number of ether oxygens (including phenoxy) is 1. The third kappa shape index (κ3) is 4.78. The molecule has 0 unspecified atom stereocenters. The molecular weight excluding hydrogens is 220 g/mol. The predicted octanol–water partition coefficient (Wildman–Crippen LogP) is 0.860. The zero-order valence-electron chi connectivity index (χ0n) is 10.6. The molecule has 1 heterocycles. The molecule has 0 spiro atoms. The molecule has 1 rings (SSSR count). The predicted molar refractivity (Wildman–Crippen MR) is 64.8 cm³/mol. The number of methoxy groups -OCH3 is 1. The number of hydrogen-bond donors (Lipinski definition) is 2. The second-order valence-electron chi connectivity index (χ2n) is 4.59. The molecule has 1 aromatic rings. The molecule has 1 aromatic heterocycles. The first-order valence-corrected chi connectivity index (χ1v) is 5.28. The Morgan fingerprint density at radius 3 is 2.71 bits per heavy atom. The molecule has 94 valence electrons. The van der Waals surface area contributed by atoms with Gasteiger partial charge >= 0.3 is 6.01 Å². The number of nitrogens with two attached hydrogens (primary N) is 1. The van der Waals surface area contributed by atoms with E-state index >= 15 is 0 Å². The van der Waals surface area contributed by atoms with Crippen LogP contribution >= 0.6 is 0 Å². The first-order chi connectivity index (χ1) is 7.80. The third-order valence-electron chi connectivity index (χ3n) is 1.90. The van der Waals surface area contributed by atoms with E-state index in [1.807, 2.05) is 0 Å². The van der Waals surface area contributed by atoms with Crippen molar-refractivity contribution in [3.8, 4) is 6.01 Å². The minimum Gasteiger partial charge on any atom is -0.467 e. The van der Waals surface area contributed by atoms with Gasteiger partial charge in [-0.15, -0.1) is 0 Å². The van der Waals surface area contributed by atoms with Crippen molar-refractivity contribution in [1.82, 2.24) is 9.97 Å². The van der Waals surface area contributed by atoms with Gasteiger partial charge in [-0.3, -0.25) is 4.79 Å². The van der Waals surface area contributed by atoms with Crippen LogP contribution in [0.1, 0.15) is 26.0 Å². The van der Waals surface area contributed by atoms with Gasteiger partial charge in [-0.2, -0.15) is 4.98 Å². The van der Waals surface area contributed by atoms with Gasteiger partial charge in [0.25, 0.3) is 0 Å². The van der Waals surface area contributed by atoms with E-state index in [1.54, 1.807) is 26.8 Å². The normalized spacial score (nSPS) is 11.1. The quantitative estimate of drug-likeness (QED) is 0.812. The largest absolute Gasteiger partial charge is 0.467 e. The molecule has 0 aliphatic carbocycles. The fourth-order valence-corrected chi connectivity index (χ4v) is 1.30. The maximum absolute atomic E-state index is 11.6. The van der Waals surface area contributed by atoms with E-state index in [9.17, 15) is 4.79 Å². The Hall–Kier alpha value is -1.69. The fraction of sp³-hybridized carbons (Fsp3) is 0.545. The van der Waals surface area contributed by atoms with Gasteiger partial charge in [0.2, 0.25) is 5.91 Å².